The molecule has 0 amide bonds. The number of aromatic nitrogens is 2. The number of rotatable bonds is 3. The van der Waals surface area contributed by atoms with E-state index >= 15 is 0 Å². The van der Waals surface area contributed by atoms with Crippen LogP contribution in [-0.4, -0.2) is 9.97 Å². The van der Waals surface area contributed by atoms with Gasteiger partial charge in [-0.15, -0.1) is 11.3 Å². The largest absolute Gasteiger partial charge is 0.264 e. The van der Waals surface area contributed by atoms with Gasteiger partial charge >= 0.3 is 0 Å². The summed E-state index contributed by atoms with van der Waals surface area (Å²) < 4.78 is 0. The Morgan fingerprint density at radius 2 is 2.20 bits per heavy atom. The van der Waals surface area contributed by atoms with Crippen molar-refractivity contribution >= 4 is 11.3 Å². The lowest BCUT2D eigenvalue weighted by Gasteiger charge is -1.97. The zero-order valence-corrected chi connectivity index (χ0v) is 9.79. The third kappa shape index (κ3) is 2.63. The van der Waals surface area contributed by atoms with Crippen LogP contribution >= 0.6 is 11.3 Å². The Morgan fingerprint density at radius 3 is 2.80 bits per heavy atom. The highest BCUT2D eigenvalue weighted by Crippen LogP contribution is 2.23. The van der Waals surface area contributed by atoms with Crippen molar-refractivity contribution < 1.29 is 0 Å². The molecular weight excluding hydrogens is 204 g/mol. The normalized spacial score (nSPS) is 10.9. The van der Waals surface area contributed by atoms with Crippen molar-refractivity contribution in [2.45, 2.75) is 26.2 Å². The smallest absolute Gasteiger partial charge is 0.0972 e. The topological polar surface area (TPSA) is 25.8 Å². The van der Waals surface area contributed by atoms with Crippen molar-refractivity contribution in [1.82, 2.24) is 9.97 Å². The summed E-state index contributed by atoms with van der Waals surface area (Å²) in [6.45, 7) is 4.39. The molecule has 2 aromatic heterocycles. The highest BCUT2D eigenvalue weighted by atomic mass is 32.1. The van der Waals surface area contributed by atoms with Gasteiger partial charge in [-0.1, -0.05) is 19.9 Å². The van der Waals surface area contributed by atoms with E-state index in [1.54, 1.807) is 17.5 Å². The molecule has 2 nitrogen and oxygen atoms in total. The fourth-order valence-electron chi connectivity index (χ4n) is 1.35. The molecule has 3 heteroatoms. The molecule has 2 rings (SSSR count). The first-order valence-electron chi connectivity index (χ1n) is 5.09. The molecule has 15 heavy (non-hydrogen) atoms. The molecule has 0 atom stereocenters. The van der Waals surface area contributed by atoms with Crippen molar-refractivity contribution in [2.24, 2.45) is 0 Å². The van der Waals surface area contributed by atoms with Crippen LogP contribution in [0.5, 0.6) is 0 Å². The quantitative estimate of drug-likeness (QED) is 0.790. The molecule has 0 bridgehead atoms. The van der Waals surface area contributed by atoms with E-state index in [4.69, 9.17) is 0 Å². The van der Waals surface area contributed by atoms with Crippen LogP contribution in [0.2, 0.25) is 0 Å². The molecule has 0 aliphatic rings. The zero-order chi connectivity index (χ0) is 10.7. The molecule has 0 aliphatic heterocycles. The van der Waals surface area contributed by atoms with E-state index in [2.05, 4.69) is 29.9 Å². The summed E-state index contributed by atoms with van der Waals surface area (Å²) in [4.78, 5) is 9.88. The summed E-state index contributed by atoms with van der Waals surface area (Å²) in [5.74, 6) is 0.574. The average Bonchev–Trinajstić information content (AvgIpc) is 2.68. The van der Waals surface area contributed by atoms with Crippen LogP contribution in [-0.2, 0) is 6.42 Å². The van der Waals surface area contributed by atoms with Gasteiger partial charge in [-0.2, -0.15) is 0 Å². The molecule has 0 radical (unpaired) electrons. The lowest BCUT2D eigenvalue weighted by Crippen LogP contribution is -1.86. The van der Waals surface area contributed by atoms with Crippen molar-refractivity contribution in [3.05, 3.63) is 46.2 Å². The van der Waals surface area contributed by atoms with Crippen LogP contribution in [0.15, 0.2) is 30.7 Å². The predicted molar refractivity (Wildman–Crippen MR) is 63.2 cm³/mol. The van der Waals surface area contributed by atoms with Crippen LogP contribution in [0.25, 0.3) is 0 Å². The number of hydrogen-bond donors (Lipinski definition) is 0. The number of pyridine rings is 1. The van der Waals surface area contributed by atoms with Crippen LogP contribution in [0.1, 0.15) is 35.2 Å². The van der Waals surface area contributed by atoms with Crippen molar-refractivity contribution in [3.8, 4) is 0 Å². The molecule has 0 aromatic carbocycles. The Balaban J connectivity index is 2.12. The molecule has 0 N–H and O–H groups in total. The second kappa shape index (κ2) is 4.53. The van der Waals surface area contributed by atoms with E-state index < -0.39 is 0 Å². The fourth-order valence-corrected chi connectivity index (χ4v) is 2.31. The fraction of sp³-hybridized carbons (Fsp3) is 0.333. The first-order chi connectivity index (χ1) is 7.25. The molecule has 0 saturated carbocycles. The van der Waals surface area contributed by atoms with E-state index in [1.165, 1.54) is 15.4 Å². The Morgan fingerprint density at radius 1 is 1.33 bits per heavy atom. The van der Waals surface area contributed by atoms with Gasteiger partial charge in [0.1, 0.15) is 0 Å². The summed E-state index contributed by atoms with van der Waals surface area (Å²) in [5, 5.41) is 1.17. The monoisotopic (exact) mass is 218 g/mol. The van der Waals surface area contributed by atoms with Gasteiger partial charge < -0.3 is 0 Å². The lowest BCUT2D eigenvalue weighted by atomic mass is 10.2. The highest BCUT2D eigenvalue weighted by Gasteiger charge is 2.05. The highest BCUT2D eigenvalue weighted by molar-refractivity contribution is 7.11. The first kappa shape index (κ1) is 10.3. The molecule has 0 saturated heterocycles. The maximum absolute atomic E-state index is 4.42. The standard InChI is InChI=1S/C12H14N2S/c1-9(2)11-8-14-12(15-11)6-10-4-3-5-13-7-10/h3-5,7-9H,6H2,1-2H3. The minimum atomic E-state index is 0.574. The molecule has 0 fully saturated rings. The van der Waals surface area contributed by atoms with Crippen LogP contribution in [0.4, 0.5) is 0 Å². The molecule has 78 valence electrons. The van der Waals surface area contributed by atoms with E-state index in [0.29, 0.717) is 5.92 Å². The second-order valence-electron chi connectivity index (χ2n) is 3.85. The van der Waals surface area contributed by atoms with Crippen molar-refractivity contribution in [2.75, 3.05) is 0 Å². The lowest BCUT2D eigenvalue weighted by molar-refractivity contribution is 0.885. The third-order valence-electron chi connectivity index (χ3n) is 2.22. The molecule has 2 aromatic rings. The summed E-state index contributed by atoms with van der Waals surface area (Å²) >= 11 is 1.80. The maximum atomic E-state index is 4.42. The van der Waals surface area contributed by atoms with Gasteiger partial charge in [0.25, 0.3) is 0 Å². The number of hydrogen-bond acceptors (Lipinski definition) is 3. The third-order valence-corrected chi connectivity index (χ3v) is 3.52. The molecule has 0 spiro atoms. The average molecular weight is 218 g/mol. The van der Waals surface area contributed by atoms with Gasteiger partial charge in [-0.3, -0.25) is 4.98 Å². The van der Waals surface area contributed by atoms with Gasteiger partial charge in [-0.25, -0.2) is 4.98 Å². The summed E-state index contributed by atoms with van der Waals surface area (Å²) in [5.41, 5.74) is 1.22. The minimum Gasteiger partial charge on any atom is -0.264 e. The Labute approximate surface area is 94.0 Å². The molecule has 0 unspecified atom stereocenters. The Bertz CT molecular complexity index is 420. The second-order valence-corrected chi connectivity index (χ2v) is 5.00. The van der Waals surface area contributed by atoms with Crippen LogP contribution in [0, 0.1) is 0 Å². The number of thiazole rings is 1. The Hall–Kier alpha value is -1.22. The van der Waals surface area contributed by atoms with Crippen molar-refractivity contribution in [1.29, 1.82) is 0 Å². The molecule has 0 aliphatic carbocycles. The van der Waals surface area contributed by atoms with Gasteiger partial charge in [-0.05, 0) is 17.5 Å². The van der Waals surface area contributed by atoms with Gasteiger partial charge in [0, 0.05) is 29.9 Å². The van der Waals surface area contributed by atoms with E-state index in [0.717, 1.165) is 6.42 Å². The van der Waals surface area contributed by atoms with E-state index in [9.17, 15) is 0 Å². The summed E-state index contributed by atoms with van der Waals surface area (Å²) in [6, 6.07) is 4.05. The van der Waals surface area contributed by atoms with Crippen LogP contribution in [0.3, 0.4) is 0 Å². The molecular formula is C12H14N2S. The van der Waals surface area contributed by atoms with Gasteiger partial charge in [0.15, 0.2) is 0 Å². The summed E-state index contributed by atoms with van der Waals surface area (Å²) in [6.07, 6.45) is 6.58. The van der Waals surface area contributed by atoms with E-state index in [-0.39, 0.29) is 0 Å². The van der Waals surface area contributed by atoms with Crippen LogP contribution < -0.4 is 0 Å². The van der Waals surface area contributed by atoms with Gasteiger partial charge in [0.05, 0.1) is 5.01 Å². The van der Waals surface area contributed by atoms with Gasteiger partial charge in [0.2, 0.25) is 0 Å². The minimum absolute atomic E-state index is 0.574. The SMILES string of the molecule is CC(C)c1cnc(Cc2cccnc2)s1. The predicted octanol–water partition coefficient (Wildman–Crippen LogP) is 3.25. The zero-order valence-electron chi connectivity index (χ0n) is 8.97. The van der Waals surface area contributed by atoms with E-state index in [1.807, 2.05) is 18.5 Å². The van der Waals surface area contributed by atoms with Crippen molar-refractivity contribution in [3.63, 3.8) is 0 Å². The maximum Gasteiger partial charge on any atom is 0.0972 e. The summed E-state index contributed by atoms with van der Waals surface area (Å²) in [7, 11) is 0. The number of nitrogens with zero attached hydrogens (tertiary/aromatic N) is 2. The molecule has 2 heterocycles. The first-order valence-corrected chi connectivity index (χ1v) is 5.91. The Kier molecular flexibility index (Phi) is 3.11.